The molecule has 3 nitrogen and oxygen atoms in total. The van der Waals surface area contributed by atoms with Crippen molar-refractivity contribution in [3.05, 3.63) is 0 Å². The lowest BCUT2D eigenvalue weighted by molar-refractivity contribution is -0.153. The van der Waals surface area contributed by atoms with Gasteiger partial charge in [0.05, 0.1) is 6.61 Å². The van der Waals surface area contributed by atoms with Crippen LogP contribution >= 0.6 is 11.8 Å². The van der Waals surface area contributed by atoms with E-state index in [0.717, 1.165) is 38.0 Å². The van der Waals surface area contributed by atoms with Crippen LogP contribution in [0.5, 0.6) is 0 Å². The number of esters is 1. The van der Waals surface area contributed by atoms with Crippen LogP contribution in [-0.4, -0.2) is 35.2 Å². The first-order chi connectivity index (χ1) is 9.35. The molecule has 1 fully saturated rings. The zero-order valence-electron chi connectivity index (χ0n) is 13.8. The third-order valence-electron chi connectivity index (χ3n) is 3.95. The minimum atomic E-state index is -0.427. The molecular formula is C16H31NO2S. The lowest BCUT2D eigenvalue weighted by Gasteiger charge is -2.34. The van der Waals surface area contributed by atoms with Gasteiger partial charge in [0.1, 0.15) is 5.54 Å². The van der Waals surface area contributed by atoms with Crippen LogP contribution in [0.25, 0.3) is 0 Å². The fraction of sp³-hybridized carbons (Fsp3) is 0.938. The molecule has 118 valence electrons. The molecule has 1 aliphatic carbocycles. The van der Waals surface area contributed by atoms with E-state index in [1.165, 1.54) is 0 Å². The van der Waals surface area contributed by atoms with Gasteiger partial charge in [0.25, 0.3) is 0 Å². The fourth-order valence-electron chi connectivity index (χ4n) is 3.12. The van der Waals surface area contributed by atoms with Gasteiger partial charge in [-0.15, -0.1) is 0 Å². The van der Waals surface area contributed by atoms with E-state index in [-0.39, 0.29) is 5.97 Å². The number of thioether (sulfide) groups is 1. The van der Waals surface area contributed by atoms with E-state index in [9.17, 15) is 4.79 Å². The number of nitrogens with one attached hydrogen (secondary N) is 1. The smallest absolute Gasteiger partial charge is 0.326 e. The number of carbonyl (C=O) groups excluding carboxylic acids is 1. The molecule has 0 aromatic rings. The van der Waals surface area contributed by atoms with Gasteiger partial charge in [-0.1, -0.05) is 34.1 Å². The maximum absolute atomic E-state index is 12.4. The number of hydrogen-bond donors (Lipinski definition) is 1. The van der Waals surface area contributed by atoms with Gasteiger partial charge in [-0.2, -0.15) is 11.8 Å². The van der Waals surface area contributed by atoms with Gasteiger partial charge in [0, 0.05) is 4.75 Å². The van der Waals surface area contributed by atoms with Crippen LogP contribution in [0.4, 0.5) is 0 Å². The molecule has 0 aromatic heterocycles. The molecule has 0 bridgehead atoms. The topological polar surface area (TPSA) is 38.3 Å². The summed E-state index contributed by atoms with van der Waals surface area (Å²) in [4.78, 5) is 12.4. The summed E-state index contributed by atoms with van der Waals surface area (Å²) in [5.41, 5.74) is -0.427. The van der Waals surface area contributed by atoms with Crippen LogP contribution in [0.15, 0.2) is 0 Å². The molecule has 1 aliphatic rings. The van der Waals surface area contributed by atoms with E-state index in [1.54, 1.807) is 0 Å². The zero-order valence-corrected chi connectivity index (χ0v) is 14.6. The SMILES string of the molecule is CCNC1(C(=O)OCC)CCCC1CCSC(C)(C)C. The second-order valence-corrected chi connectivity index (χ2v) is 8.48. The number of ether oxygens (including phenoxy) is 1. The molecule has 0 aromatic carbocycles. The molecule has 0 heterocycles. The first-order valence-electron chi connectivity index (χ1n) is 7.92. The molecular weight excluding hydrogens is 270 g/mol. The molecule has 0 saturated heterocycles. The highest BCUT2D eigenvalue weighted by Gasteiger charge is 2.49. The Morgan fingerprint density at radius 2 is 2.10 bits per heavy atom. The Balaban J connectivity index is 2.68. The summed E-state index contributed by atoms with van der Waals surface area (Å²) in [6.07, 6.45) is 4.27. The van der Waals surface area contributed by atoms with Crippen molar-refractivity contribution >= 4 is 17.7 Å². The van der Waals surface area contributed by atoms with E-state index in [2.05, 4.69) is 33.0 Å². The lowest BCUT2D eigenvalue weighted by atomic mass is 9.85. The highest BCUT2D eigenvalue weighted by molar-refractivity contribution is 8.00. The summed E-state index contributed by atoms with van der Waals surface area (Å²) in [5.74, 6) is 1.49. The van der Waals surface area contributed by atoms with E-state index in [1.807, 2.05) is 18.7 Å². The van der Waals surface area contributed by atoms with E-state index >= 15 is 0 Å². The number of likely N-dealkylation sites (N-methyl/N-ethyl adjacent to an activating group) is 1. The second-order valence-electron chi connectivity index (χ2n) is 6.56. The minimum absolute atomic E-state index is 0.0369. The van der Waals surface area contributed by atoms with Crippen molar-refractivity contribution in [2.75, 3.05) is 18.9 Å². The van der Waals surface area contributed by atoms with Gasteiger partial charge >= 0.3 is 5.97 Å². The Kier molecular flexibility index (Phi) is 6.86. The molecule has 2 atom stereocenters. The molecule has 1 saturated carbocycles. The van der Waals surface area contributed by atoms with Gasteiger partial charge in [-0.3, -0.25) is 4.79 Å². The van der Waals surface area contributed by atoms with Crippen LogP contribution in [0, 0.1) is 5.92 Å². The van der Waals surface area contributed by atoms with Crippen molar-refractivity contribution < 1.29 is 9.53 Å². The van der Waals surface area contributed by atoms with E-state index in [4.69, 9.17) is 4.74 Å². The predicted molar refractivity (Wildman–Crippen MR) is 87.2 cm³/mol. The summed E-state index contributed by atoms with van der Waals surface area (Å²) in [6, 6.07) is 0. The van der Waals surface area contributed by atoms with Crippen molar-refractivity contribution in [2.45, 2.75) is 70.6 Å². The van der Waals surface area contributed by atoms with Crippen LogP contribution in [0.3, 0.4) is 0 Å². The van der Waals surface area contributed by atoms with Crippen molar-refractivity contribution in [1.82, 2.24) is 5.32 Å². The van der Waals surface area contributed by atoms with Crippen LogP contribution in [-0.2, 0) is 9.53 Å². The minimum Gasteiger partial charge on any atom is -0.465 e. The van der Waals surface area contributed by atoms with E-state index < -0.39 is 5.54 Å². The van der Waals surface area contributed by atoms with Gasteiger partial charge in [0.15, 0.2) is 0 Å². The van der Waals surface area contributed by atoms with Gasteiger partial charge in [-0.25, -0.2) is 0 Å². The maximum Gasteiger partial charge on any atom is 0.326 e. The zero-order chi connectivity index (χ0) is 15.2. The first-order valence-corrected chi connectivity index (χ1v) is 8.90. The fourth-order valence-corrected chi connectivity index (χ4v) is 4.14. The number of carbonyl (C=O) groups is 1. The molecule has 0 aliphatic heterocycles. The van der Waals surface area contributed by atoms with Crippen molar-refractivity contribution in [2.24, 2.45) is 5.92 Å². The van der Waals surface area contributed by atoms with Crippen LogP contribution < -0.4 is 5.32 Å². The number of hydrogen-bond acceptors (Lipinski definition) is 4. The van der Waals surface area contributed by atoms with Crippen molar-refractivity contribution in [3.8, 4) is 0 Å². The molecule has 1 rings (SSSR count). The molecule has 2 unspecified atom stereocenters. The van der Waals surface area contributed by atoms with E-state index in [0.29, 0.717) is 17.3 Å². The summed E-state index contributed by atoms with van der Waals surface area (Å²) in [5, 5.41) is 3.46. The van der Waals surface area contributed by atoms with Crippen molar-refractivity contribution in [3.63, 3.8) is 0 Å². The third-order valence-corrected chi connectivity index (χ3v) is 5.26. The van der Waals surface area contributed by atoms with Crippen LogP contribution in [0.1, 0.15) is 60.3 Å². The quantitative estimate of drug-likeness (QED) is 0.729. The Morgan fingerprint density at radius 3 is 2.65 bits per heavy atom. The molecule has 1 N–H and O–H groups in total. The molecule has 0 radical (unpaired) electrons. The highest BCUT2D eigenvalue weighted by Crippen LogP contribution is 2.40. The van der Waals surface area contributed by atoms with Crippen molar-refractivity contribution in [1.29, 1.82) is 0 Å². The maximum atomic E-state index is 12.4. The molecule has 20 heavy (non-hydrogen) atoms. The molecule has 0 spiro atoms. The molecule has 0 amide bonds. The lowest BCUT2D eigenvalue weighted by Crippen LogP contribution is -2.55. The summed E-state index contributed by atoms with van der Waals surface area (Å²) >= 11 is 1.98. The first kappa shape index (κ1) is 17.8. The third kappa shape index (κ3) is 4.66. The Bertz CT molecular complexity index is 314. The average molecular weight is 301 g/mol. The van der Waals surface area contributed by atoms with Gasteiger partial charge in [-0.05, 0) is 44.4 Å². The largest absolute Gasteiger partial charge is 0.465 e. The Morgan fingerprint density at radius 1 is 1.40 bits per heavy atom. The highest BCUT2D eigenvalue weighted by atomic mass is 32.2. The summed E-state index contributed by atoms with van der Waals surface area (Å²) in [7, 11) is 0. The van der Waals surface area contributed by atoms with Gasteiger partial charge in [0.2, 0.25) is 0 Å². The average Bonchev–Trinajstić information content (AvgIpc) is 2.73. The number of rotatable bonds is 7. The summed E-state index contributed by atoms with van der Waals surface area (Å²) < 4.78 is 5.65. The van der Waals surface area contributed by atoms with Gasteiger partial charge < -0.3 is 10.1 Å². The Labute approximate surface area is 128 Å². The predicted octanol–water partition coefficient (Wildman–Crippen LogP) is 3.62. The molecule has 4 heteroatoms. The Hall–Kier alpha value is -0.220. The van der Waals surface area contributed by atoms with Crippen LogP contribution in [0.2, 0.25) is 0 Å². The summed E-state index contributed by atoms with van der Waals surface area (Å²) in [6.45, 7) is 12.0. The monoisotopic (exact) mass is 301 g/mol. The normalized spacial score (nSPS) is 26.8. The standard InChI is InChI=1S/C16H31NO2S/c1-6-17-16(14(18)19-7-2)11-8-9-13(16)10-12-20-15(3,4)5/h13,17H,6-12H2,1-5H3. The second kappa shape index (κ2) is 7.69.